The van der Waals surface area contributed by atoms with Gasteiger partial charge in [-0.2, -0.15) is 0 Å². The standard InChI is InChI=1S/C33H45ClO5S/c1-4-7-14-36-23-27-20-26(37-15-8-5-2)22-33(35,39-27)29-19-25(30(34)21-31(29)38-16-9-6-3)18-28-17-24-12-10-11-13-32(24)40-28/h10-13,17,19,21,26-27,35H,4-9,14-16,18,20,22-23H2,1-3H3/t26-,27-,33?/m0/s1. The van der Waals surface area contributed by atoms with Crippen LogP contribution in [0.4, 0.5) is 0 Å². The molecule has 0 amide bonds. The van der Waals surface area contributed by atoms with Crippen LogP contribution in [0.3, 0.4) is 0 Å². The molecule has 1 N–H and O–H groups in total. The summed E-state index contributed by atoms with van der Waals surface area (Å²) in [4.78, 5) is 1.22. The Kier molecular flexibility index (Phi) is 12.1. The Bertz CT molecular complexity index is 1160. The van der Waals surface area contributed by atoms with E-state index in [9.17, 15) is 5.11 Å². The first kappa shape index (κ1) is 31.3. The first-order chi connectivity index (χ1) is 19.5. The molecule has 2 heterocycles. The maximum absolute atomic E-state index is 12.2. The Labute approximate surface area is 248 Å². The van der Waals surface area contributed by atoms with Crippen LogP contribution < -0.4 is 4.74 Å². The molecule has 1 aliphatic heterocycles. The number of ether oxygens (including phenoxy) is 4. The molecule has 1 saturated heterocycles. The first-order valence-corrected chi connectivity index (χ1v) is 16.2. The number of benzene rings is 2. The summed E-state index contributed by atoms with van der Waals surface area (Å²) in [6.07, 6.45) is 7.30. The van der Waals surface area contributed by atoms with E-state index < -0.39 is 5.79 Å². The van der Waals surface area contributed by atoms with Crippen molar-refractivity contribution in [3.8, 4) is 5.75 Å². The number of thiophene rings is 1. The van der Waals surface area contributed by atoms with Gasteiger partial charge in [0.25, 0.3) is 0 Å². The zero-order valence-electron chi connectivity index (χ0n) is 24.3. The summed E-state index contributed by atoms with van der Waals surface area (Å²) in [7, 11) is 0. The lowest BCUT2D eigenvalue weighted by Gasteiger charge is -2.42. The minimum absolute atomic E-state index is 0.143. The maximum atomic E-state index is 12.2. The topological polar surface area (TPSA) is 57.2 Å². The molecule has 3 aromatic rings. The van der Waals surface area contributed by atoms with Crippen LogP contribution >= 0.6 is 22.9 Å². The molecule has 2 aromatic carbocycles. The van der Waals surface area contributed by atoms with Crippen molar-refractivity contribution >= 4 is 33.0 Å². The maximum Gasteiger partial charge on any atom is 0.198 e. The van der Waals surface area contributed by atoms with E-state index in [-0.39, 0.29) is 12.2 Å². The number of fused-ring (bicyclic) bond motifs is 1. The molecule has 4 rings (SSSR count). The van der Waals surface area contributed by atoms with Gasteiger partial charge in [0, 0.05) is 47.1 Å². The molecule has 3 atom stereocenters. The van der Waals surface area contributed by atoms with Gasteiger partial charge < -0.3 is 24.1 Å². The molecule has 1 fully saturated rings. The molecule has 40 heavy (non-hydrogen) atoms. The van der Waals surface area contributed by atoms with Gasteiger partial charge in [-0.05, 0) is 54.5 Å². The SMILES string of the molecule is CCCCOC[C@@H]1C[C@H](OCCCC)CC(O)(c2cc(Cc3cc4ccccc4s3)c(Cl)cc2OCCCC)O1. The normalized spacial score (nSPS) is 21.2. The van der Waals surface area contributed by atoms with Crippen molar-refractivity contribution in [2.75, 3.05) is 26.4 Å². The molecule has 0 radical (unpaired) electrons. The highest BCUT2D eigenvalue weighted by molar-refractivity contribution is 7.19. The molecular weight excluding hydrogens is 544 g/mol. The van der Waals surface area contributed by atoms with Crippen LogP contribution in [0.2, 0.25) is 5.02 Å². The molecule has 1 aromatic heterocycles. The third-order valence-electron chi connectivity index (χ3n) is 7.36. The third kappa shape index (κ3) is 8.43. The van der Waals surface area contributed by atoms with E-state index in [1.807, 2.05) is 12.1 Å². The Hall–Kier alpha value is -1.67. The van der Waals surface area contributed by atoms with Crippen LogP contribution in [-0.2, 0) is 26.4 Å². The Morgan fingerprint density at radius 1 is 1.00 bits per heavy atom. The molecule has 0 aliphatic carbocycles. The number of halogens is 1. The average molecular weight is 589 g/mol. The zero-order chi connectivity index (χ0) is 28.4. The quantitative estimate of drug-likeness (QED) is 0.170. The van der Waals surface area contributed by atoms with Crippen molar-refractivity contribution in [1.29, 1.82) is 0 Å². The van der Waals surface area contributed by atoms with E-state index in [1.165, 1.54) is 15.0 Å². The summed E-state index contributed by atoms with van der Waals surface area (Å²) in [6, 6.07) is 14.4. The van der Waals surface area contributed by atoms with Crippen LogP contribution in [0, 0.1) is 0 Å². The van der Waals surface area contributed by atoms with Crippen LogP contribution in [0.5, 0.6) is 5.75 Å². The van der Waals surface area contributed by atoms with Crippen molar-refractivity contribution in [3.05, 3.63) is 63.5 Å². The third-order valence-corrected chi connectivity index (χ3v) is 8.82. The minimum Gasteiger partial charge on any atom is -0.493 e. The molecule has 1 aliphatic rings. The van der Waals surface area contributed by atoms with Crippen molar-refractivity contribution < 1.29 is 24.1 Å². The fraction of sp³-hybridized carbons (Fsp3) is 0.576. The van der Waals surface area contributed by atoms with Gasteiger partial charge in [-0.25, -0.2) is 0 Å². The van der Waals surface area contributed by atoms with Gasteiger partial charge in [0.1, 0.15) is 5.75 Å². The highest BCUT2D eigenvalue weighted by atomic mass is 35.5. The fourth-order valence-electron chi connectivity index (χ4n) is 5.11. The van der Waals surface area contributed by atoms with Crippen LogP contribution in [0.25, 0.3) is 10.1 Å². The fourth-order valence-corrected chi connectivity index (χ4v) is 6.42. The second-order valence-electron chi connectivity index (χ2n) is 10.8. The second kappa shape index (κ2) is 15.5. The lowest BCUT2D eigenvalue weighted by Crippen LogP contribution is -2.47. The van der Waals surface area contributed by atoms with Crippen LogP contribution in [-0.4, -0.2) is 43.7 Å². The lowest BCUT2D eigenvalue weighted by molar-refractivity contribution is -0.292. The van der Waals surface area contributed by atoms with Crippen molar-refractivity contribution in [2.24, 2.45) is 0 Å². The van der Waals surface area contributed by atoms with E-state index in [1.54, 1.807) is 11.3 Å². The minimum atomic E-state index is -1.57. The molecule has 0 bridgehead atoms. The number of aliphatic hydroxyl groups is 1. The first-order valence-electron chi connectivity index (χ1n) is 15.0. The summed E-state index contributed by atoms with van der Waals surface area (Å²) in [5, 5.41) is 14.1. The number of hydrogen-bond acceptors (Lipinski definition) is 6. The van der Waals surface area contributed by atoms with E-state index in [0.29, 0.717) is 62.0 Å². The second-order valence-corrected chi connectivity index (χ2v) is 12.4. The molecule has 220 valence electrons. The smallest absolute Gasteiger partial charge is 0.198 e. The molecule has 7 heteroatoms. The number of unbranched alkanes of at least 4 members (excludes halogenated alkanes) is 3. The summed E-state index contributed by atoms with van der Waals surface area (Å²) >= 11 is 8.61. The predicted octanol–water partition coefficient (Wildman–Crippen LogP) is 8.65. The summed E-state index contributed by atoms with van der Waals surface area (Å²) in [6.45, 7) is 8.74. The van der Waals surface area contributed by atoms with Gasteiger partial charge in [-0.15, -0.1) is 11.3 Å². The number of hydrogen-bond donors (Lipinski definition) is 1. The van der Waals surface area contributed by atoms with Gasteiger partial charge in [0.05, 0.1) is 31.0 Å². The van der Waals surface area contributed by atoms with Crippen LogP contribution in [0.15, 0.2) is 42.5 Å². The van der Waals surface area contributed by atoms with E-state index >= 15 is 0 Å². The Morgan fingerprint density at radius 3 is 2.52 bits per heavy atom. The van der Waals surface area contributed by atoms with E-state index in [0.717, 1.165) is 44.1 Å². The average Bonchev–Trinajstić information content (AvgIpc) is 3.35. The van der Waals surface area contributed by atoms with Gasteiger partial charge in [0.2, 0.25) is 0 Å². The van der Waals surface area contributed by atoms with Gasteiger partial charge in [-0.1, -0.05) is 69.8 Å². The zero-order valence-corrected chi connectivity index (χ0v) is 25.8. The van der Waals surface area contributed by atoms with Crippen LogP contribution in [0.1, 0.15) is 88.1 Å². The van der Waals surface area contributed by atoms with Gasteiger partial charge >= 0.3 is 0 Å². The molecule has 1 unspecified atom stereocenters. The summed E-state index contributed by atoms with van der Waals surface area (Å²) in [5.74, 6) is -1.00. The van der Waals surface area contributed by atoms with Crippen molar-refractivity contribution in [2.45, 2.75) is 96.6 Å². The highest BCUT2D eigenvalue weighted by Crippen LogP contribution is 2.43. The highest BCUT2D eigenvalue weighted by Gasteiger charge is 2.44. The Balaban J connectivity index is 1.65. The van der Waals surface area contributed by atoms with E-state index in [2.05, 4.69) is 51.1 Å². The van der Waals surface area contributed by atoms with Crippen molar-refractivity contribution in [3.63, 3.8) is 0 Å². The van der Waals surface area contributed by atoms with E-state index in [4.69, 9.17) is 30.5 Å². The van der Waals surface area contributed by atoms with Gasteiger partial charge in [-0.3, -0.25) is 0 Å². The largest absolute Gasteiger partial charge is 0.493 e. The van der Waals surface area contributed by atoms with Gasteiger partial charge in [0.15, 0.2) is 5.79 Å². The number of rotatable bonds is 16. The molecule has 0 saturated carbocycles. The summed E-state index contributed by atoms with van der Waals surface area (Å²) < 4.78 is 26.1. The summed E-state index contributed by atoms with van der Waals surface area (Å²) in [5.41, 5.74) is 1.55. The van der Waals surface area contributed by atoms with Crippen molar-refractivity contribution in [1.82, 2.24) is 0 Å². The predicted molar refractivity (Wildman–Crippen MR) is 165 cm³/mol. The Morgan fingerprint density at radius 2 is 1.75 bits per heavy atom. The monoisotopic (exact) mass is 588 g/mol. The lowest BCUT2D eigenvalue weighted by atomic mass is 9.90. The molecule has 5 nitrogen and oxygen atoms in total. The molecular formula is C33H45ClO5S. The molecule has 0 spiro atoms.